The molecule has 1 amide bonds. The zero-order chi connectivity index (χ0) is 16.8. The first kappa shape index (κ1) is 16.6. The number of nitro groups is 1. The van der Waals surface area contributed by atoms with Crippen LogP contribution in [0.15, 0.2) is 42.5 Å². The van der Waals surface area contributed by atoms with Gasteiger partial charge in [-0.25, -0.2) is 0 Å². The molecule has 7 nitrogen and oxygen atoms in total. The molecule has 8 heteroatoms. The smallest absolute Gasteiger partial charge is 0.312 e. The summed E-state index contributed by atoms with van der Waals surface area (Å²) < 4.78 is 10.2. The van der Waals surface area contributed by atoms with Crippen molar-refractivity contribution in [2.24, 2.45) is 0 Å². The average Bonchev–Trinajstić information content (AvgIpc) is 2.54. The molecule has 0 heterocycles. The summed E-state index contributed by atoms with van der Waals surface area (Å²) in [4.78, 5) is 22.2. The Morgan fingerprint density at radius 3 is 2.65 bits per heavy atom. The van der Waals surface area contributed by atoms with Crippen LogP contribution in [0.3, 0.4) is 0 Å². The monoisotopic (exact) mass is 336 g/mol. The van der Waals surface area contributed by atoms with Crippen molar-refractivity contribution in [1.29, 1.82) is 0 Å². The first-order valence-electron chi connectivity index (χ1n) is 6.51. The number of nitrogens with one attached hydrogen (secondary N) is 1. The summed E-state index contributed by atoms with van der Waals surface area (Å²) in [5, 5.41) is 13.8. The molecular weight excluding hydrogens is 324 g/mol. The van der Waals surface area contributed by atoms with E-state index in [1.807, 2.05) is 0 Å². The Bertz CT molecular complexity index is 736. The van der Waals surface area contributed by atoms with Crippen molar-refractivity contribution in [3.05, 3.63) is 57.6 Å². The molecule has 0 bridgehead atoms. The fourth-order valence-electron chi connectivity index (χ4n) is 1.81. The van der Waals surface area contributed by atoms with E-state index in [4.69, 9.17) is 21.1 Å². The highest BCUT2D eigenvalue weighted by Gasteiger charge is 2.16. The van der Waals surface area contributed by atoms with E-state index in [2.05, 4.69) is 5.32 Å². The van der Waals surface area contributed by atoms with Gasteiger partial charge in [0, 0.05) is 11.8 Å². The van der Waals surface area contributed by atoms with Gasteiger partial charge in [0.2, 0.25) is 0 Å². The van der Waals surface area contributed by atoms with E-state index < -0.39 is 10.8 Å². The fraction of sp³-hybridized carbons (Fsp3) is 0.133. The molecule has 0 aliphatic heterocycles. The summed E-state index contributed by atoms with van der Waals surface area (Å²) in [6.07, 6.45) is 0. The number of carbonyl (C=O) groups is 1. The zero-order valence-electron chi connectivity index (χ0n) is 12.1. The lowest BCUT2D eigenvalue weighted by Gasteiger charge is -2.09. The highest BCUT2D eigenvalue weighted by atomic mass is 35.5. The second kappa shape index (κ2) is 7.46. The third-order valence-electron chi connectivity index (χ3n) is 2.85. The van der Waals surface area contributed by atoms with Crippen LogP contribution < -0.4 is 14.8 Å². The van der Waals surface area contributed by atoms with Crippen LogP contribution in [-0.2, 0) is 4.79 Å². The Morgan fingerprint density at radius 2 is 2.00 bits per heavy atom. The number of para-hydroxylation sites is 1. The first-order chi connectivity index (χ1) is 11.0. The van der Waals surface area contributed by atoms with E-state index in [1.165, 1.54) is 25.3 Å². The van der Waals surface area contributed by atoms with Gasteiger partial charge in [-0.05, 0) is 24.3 Å². The Morgan fingerprint density at radius 1 is 1.26 bits per heavy atom. The van der Waals surface area contributed by atoms with Gasteiger partial charge in [0.15, 0.2) is 12.4 Å². The minimum atomic E-state index is -0.589. The molecule has 0 atom stereocenters. The number of ether oxygens (including phenoxy) is 2. The topological polar surface area (TPSA) is 90.7 Å². The minimum Gasteiger partial charge on any atom is -0.490 e. The minimum absolute atomic E-state index is 0.111. The third-order valence-corrected chi connectivity index (χ3v) is 3.17. The maximum absolute atomic E-state index is 11.9. The van der Waals surface area contributed by atoms with Crippen molar-refractivity contribution >= 4 is 28.9 Å². The van der Waals surface area contributed by atoms with Crippen molar-refractivity contribution in [3.63, 3.8) is 0 Å². The summed E-state index contributed by atoms with van der Waals surface area (Å²) in [7, 11) is 1.33. The predicted octanol–water partition coefficient (Wildman–Crippen LogP) is 3.27. The SMILES string of the molecule is COc1ccc(NC(=O)COc2ccccc2Cl)cc1[N+](=O)[O-]. The second-order valence-electron chi connectivity index (χ2n) is 4.41. The van der Waals surface area contributed by atoms with E-state index in [9.17, 15) is 14.9 Å². The van der Waals surface area contributed by atoms with Gasteiger partial charge in [-0.1, -0.05) is 23.7 Å². The van der Waals surface area contributed by atoms with E-state index in [1.54, 1.807) is 24.3 Å². The van der Waals surface area contributed by atoms with Crippen LogP contribution in [0.1, 0.15) is 0 Å². The van der Waals surface area contributed by atoms with E-state index in [0.717, 1.165) is 0 Å². The molecule has 0 aromatic heterocycles. The van der Waals surface area contributed by atoms with Crippen LogP contribution in [0.5, 0.6) is 11.5 Å². The van der Waals surface area contributed by atoms with Gasteiger partial charge in [0.25, 0.3) is 5.91 Å². The number of halogens is 1. The Hall–Kier alpha value is -2.80. The number of rotatable bonds is 6. The highest BCUT2D eigenvalue weighted by molar-refractivity contribution is 6.32. The Kier molecular flexibility index (Phi) is 5.37. The average molecular weight is 337 g/mol. The quantitative estimate of drug-likeness (QED) is 0.645. The number of hydrogen-bond donors (Lipinski definition) is 1. The molecular formula is C15H13ClN2O5. The van der Waals surface area contributed by atoms with Crippen LogP contribution in [-0.4, -0.2) is 24.5 Å². The standard InChI is InChI=1S/C15H13ClN2O5/c1-22-14-7-6-10(8-12(14)18(20)21)17-15(19)9-23-13-5-3-2-4-11(13)16/h2-8H,9H2,1H3,(H,17,19). The maximum Gasteiger partial charge on any atom is 0.312 e. The maximum atomic E-state index is 11.9. The second-order valence-corrected chi connectivity index (χ2v) is 4.82. The van der Waals surface area contributed by atoms with Crippen molar-refractivity contribution in [3.8, 4) is 11.5 Å². The summed E-state index contributed by atoms with van der Waals surface area (Å²) in [6.45, 7) is -0.274. The lowest BCUT2D eigenvalue weighted by molar-refractivity contribution is -0.385. The van der Waals surface area contributed by atoms with Gasteiger partial charge < -0.3 is 14.8 Å². The molecule has 23 heavy (non-hydrogen) atoms. The Labute approximate surface area is 136 Å². The molecule has 0 spiro atoms. The van der Waals surface area contributed by atoms with Gasteiger partial charge in [-0.2, -0.15) is 0 Å². The summed E-state index contributed by atoms with van der Waals surface area (Å²) >= 11 is 5.91. The summed E-state index contributed by atoms with van der Waals surface area (Å²) in [6, 6.07) is 10.9. The molecule has 0 fully saturated rings. The Balaban J connectivity index is 2.02. The largest absolute Gasteiger partial charge is 0.490 e. The molecule has 2 aromatic rings. The number of nitro benzene ring substituents is 1. The normalized spacial score (nSPS) is 10.0. The molecule has 2 aromatic carbocycles. The summed E-state index contributed by atoms with van der Waals surface area (Å²) in [5.74, 6) is 0.0229. The van der Waals surface area contributed by atoms with Crippen LogP contribution in [0, 0.1) is 10.1 Å². The van der Waals surface area contributed by atoms with Gasteiger partial charge in [0.1, 0.15) is 5.75 Å². The molecule has 120 valence electrons. The van der Waals surface area contributed by atoms with Crippen LogP contribution in [0.2, 0.25) is 5.02 Å². The third kappa shape index (κ3) is 4.33. The number of amides is 1. The van der Waals surface area contributed by atoms with Crippen molar-refractivity contribution in [2.45, 2.75) is 0 Å². The molecule has 0 saturated heterocycles. The number of carbonyl (C=O) groups excluding carboxylic acids is 1. The molecule has 0 aliphatic rings. The number of methoxy groups -OCH3 is 1. The van der Waals surface area contributed by atoms with Gasteiger partial charge in [-0.3, -0.25) is 14.9 Å². The van der Waals surface area contributed by atoms with Crippen LogP contribution in [0.25, 0.3) is 0 Å². The number of benzene rings is 2. The zero-order valence-corrected chi connectivity index (χ0v) is 12.9. The molecule has 2 rings (SSSR count). The van der Waals surface area contributed by atoms with Gasteiger partial charge in [-0.15, -0.1) is 0 Å². The van der Waals surface area contributed by atoms with Crippen LogP contribution >= 0.6 is 11.6 Å². The molecule has 0 radical (unpaired) electrons. The summed E-state index contributed by atoms with van der Waals surface area (Å²) in [5.41, 5.74) is 0.0302. The van der Waals surface area contributed by atoms with Crippen molar-refractivity contribution < 1.29 is 19.2 Å². The van der Waals surface area contributed by atoms with E-state index >= 15 is 0 Å². The lowest BCUT2D eigenvalue weighted by atomic mass is 10.2. The van der Waals surface area contributed by atoms with E-state index in [-0.39, 0.29) is 23.7 Å². The lowest BCUT2D eigenvalue weighted by Crippen LogP contribution is -2.20. The number of anilines is 1. The molecule has 1 N–H and O–H groups in total. The van der Waals surface area contributed by atoms with Crippen molar-refractivity contribution in [1.82, 2.24) is 0 Å². The van der Waals surface area contributed by atoms with Gasteiger partial charge >= 0.3 is 5.69 Å². The van der Waals surface area contributed by atoms with E-state index in [0.29, 0.717) is 10.8 Å². The van der Waals surface area contributed by atoms with Crippen LogP contribution in [0.4, 0.5) is 11.4 Å². The number of hydrogen-bond acceptors (Lipinski definition) is 5. The van der Waals surface area contributed by atoms with Crippen molar-refractivity contribution in [2.75, 3.05) is 19.0 Å². The first-order valence-corrected chi connectivity index (χ1v) is 6.88. The number of nitrogens with zero attached hydrogens (tertiary/aromatic N) is 1. The molecule has 0 unspecified atom stereocenters. The molecule has 0 saturated carbocycles. The predicted molar refractivity (Wildman–Crippen MR) is 85.2 cm³/mol. The highest BCUT2D eigenvalue weighted by Crippen LogP contribution is 2.29. The molecule has 0 aliphatic carbocycles. The fourth-order valence-corrected chi connectivity index (χ4v) is 2.00. The van der Waals surface area contributed by atoms with Gasteiger partial charge in [0.05, 0.1) is 17.1 Å².